The fourth-order valence-corrected chi connectivity index (χ4v) is 3.18. The molecule has 0 saturated heterocycles. The van der Waals surface area contributed by atoms with Crippen molar-refractivity contribution in [2.45, 2.75) is 71.4 Å². The van der Waals surface area contributed by atoms with Crippen LogP contribution in [-0.4, -0.2) is 49.7 Å². The number of carbonyl (C=O) groups excluding carboxylic acids is 1. The van der Waals surface area contributed by atoms with Gasteiger partial charge in [-0.2, -0.15) is 0 Å². The number of carbonyl (C=O) groups is 1. The van der Waals surface area contributed by atoms with E-state index in [1.165, 1.54) is 25.7 Å². The molecule has 0 aromatic heterocycles. The van der Waals surface area contributed by atoms with E-state index in [0.29, 0.717) is 12.6 Å². The van der Waals surface area contributed by atoms with Crippen molar-refractivity contribution in [3.63, 3.8) is 0 Å². The molecular weight excluding hydrogens is 264 g/mol. The summed E-state index contributed by atoms with van der Waals surface area (Å²) in [5.41, 5.74) is 0. The summed E-state index contributed by atoms with van der Waals surface area (Å²) in [6.07, 6.45) is 7.17. The van der Waals surface area contributed by atoms with E-state index in [2.05, 4.69) is 31.1 Å². The maximum Gasteiger partial charge on any atom is 0.323 e. The summed E-state index contributed by atoms with van der Waals surface area (Å²) in [5.74, 6) is 0.738. The summed E-state index contributed by atoms with van der Waals surface area (Å²) >= 11 is 0. The Bertz CT molecular complexity index is 297. The smallest absolute Gasteiger partial charge is 0.323 e. The van der Waals surface area contributed by atoms with Crippen LogP contribution in [0.5, 0.6) is 0 Å². The van der Waals surface area contributed by atoms with Gasteiger partial charge < -0.3 is 15.0 Å². The van der Waals surface area contributed by atoms with Crippen molar-refractivity contribution in [2.24, 2.45) is 5.92 Å². The fraction of sp³-hybridized carbons (Fsp3) is 0.941. The predicted octanol–water partition coefficient (Wildman–Crippen LogP) is 2.82. The van der Waals surface area contributed by atoms with Crippen LogP contribution in [0, 0.1) is 5.92 Å². The highest BCUT2D eigenvalue weighted by molar-refractivity contribution is 5.75. The Morgan fingerprint density at radius 2 is 2.14 bits per heavy atom. The summed E-state index contributed by atoms with van der Waals surface area (Å²) in [4.78, 5) is 14.4. The first-order chi connectivity index (χ1) is 10.1. The van der Waals surface area contributed by atoms with E-state index in [-0.39, 0.29) is 12.0 Å². The lowest BCUT2D eigenvalue weighted by Crippen LogP contribution is -2.43. The summed E-state index contributed by atoms with van der Waals surface area (Å²) in [5, 5.41) is 3.32. The molecule has 124 valence electrons. The minimum Gasteiger partial charge on any atom is -0.465 e. The van der Waals surface area contributed by atoms with Gasteiger partial charge in [0, 0.05) is 12.6 Å². The molecule has 1 rings (SSSR count). The highest BCUT2D eigenvalue weighted by Gasteiger charge is 2.24. The summed E-state index contributed by atoms with van der Waals surface area (Å²) < 4.78 is 5.18. The third-order valence-corrected chi connectivity index (χ3v) is 4.51. The van der Waals surface area contributed by atoms with Crippen LogP contribution in [0.15, 0.2) is 0 Å². The van der Waals surface area contributed by atoms with E-state index in [1.807, 2.05) is 6.92 Å². The van der Waals surface area contributed by atoms with Gasteiger partial charge in [0.05, 0.1) is 6.61 Å². The standard InChI is InChI=1S/C17H34N2O2/c1-5-11-18-16(17(20)21-6-2)10-12-19(4)15-9-7-8-14(3)13-15/h14-16,18H,5-13H2,1-4H3. The Labute approximate surface area is 130 Å². The largest absolute Gasteiger partial charge is 0.465 e. The Kier molecular flexibility index (Phi) is 8.93. The Hall–Kier alpha value is -0.610. The van der Waals surface area contributed by atoms with Gasteiger partial charge in [-0.25, -0.2) is 0 Å². The Balaban J connectivity index is 2.41. The normalized spacial score (nSPS) is 24.0. The van der Waals surface area contributed by atoms with Gasteiger partial charge in [0.1, 0.15) is 6.04 Å². The molecule has 0 amide bonds. The first kappa shape index (κ1) is 18.4. The number of nitrogens with zero attached hydrogens (tertiary/aromatic N) is 1. The van der Waals surface area contributed by atoms with Crippen molar-refractivity contribution in [3.05, 3.63) is 0 Å². The lowest BCUT2D eigenvalue weighted by Gasteiger charge is -2.34. The molecule has 3 atom stereocenters. The highest BCUT2D eigenvalue weighted by Crippen LogP contribution is 2.26. The van der Waals surface area contributed by atoms with Crippen molar-refractivity contribution in [3.8, 4) is 0 Å². The predicted molar refractivity (Wildman–Crippen MR) is 87.4 cm³/mol. The zero-order valence-electron chi connectivity index (χ0n) is 14.4. The van der Waals surface area contributed by atoms with Crippen LogP contribution in [-0.2, 0) is 9.53 Å². The third-order valence-electron chi connectivity index (χ3n) is 4.51. The topological polar surface area (TPSA) is 41.6 Å². The van der Waals surface area contributed by atoms with Gasteiger partial charge in [0.15, 0.2) is 0 Å². The maximum atomic E-state index is 12.0. The lowest BCUT2D eigenvalue weighted by atomic mass is 9.86. The van der Waals surface area contributed by atoms with Crippen LogP contribution in [0.3, 0.4) is 0 Å². The Morgan fingerprint density at radius 3 is 2.76 bits per heavy atom. The van der Waals surface area contributed by atoms with Crippen LogP contribution in [0.25, 0.3) is 0 Å². The van der Waals surface area contributed by atoms with Gasteiger partial charge in [0.25, 0.3) is 0 Å². The molecule has 0 bridgehead atoms. The minimum atomic E-state index is -0.159. The molecule has 1 fully saturated rings. The van der Waals surface area contributed by atoms with Crippen LogP contribution in [0.2, 0.25) is 0 Å². The maximum absolute atomic E-state index is 12.0. The SMILES string of the molecule is CCCNC(CCN(C)C1CCCC(C)C1)C(=O)OCC. The van der Waals surface area contributed by atoms with E-state index in [0.717, 1.165) is 31.8 Å². The van der Waals surface area contributed by atoms with Gasteiger partial charge >= 0.3 is 5.97 Å². The quantitative estimate of drug-likeness (QED) is 0.665. The molecule has 1 saturated carbocycles. The minimum absolute atomic E-state index is 0.101. The van der Waals surface area contributed by atoms with E-state index < -0.39 is 0 Å². The summed E-state index contributed by atoms with van der Waals surface area (Å²) in [6, 6.07) is 0.524. The first-order valence-electron chi connectivity index (χ1n) is 8.68. The zero-order valence-corrected chi connectivity index (χ0v) is 14.4. The molecule has 4 nitrogen and oxygen atoms in total. The van der Waals surface area contributed by atoms with Crippen molar-refractivity contribution in [2.75, 3.05) is 26.7 Å². The van der Waals surface area contributed by atoms with Crippen molar-refractivity contribution in [1.82, 2.24) is 10.2 Å². The van der Waals surface area contributed by atoms with Crippen LogP contribution >= 0.6 is 0 Å². The van der Waals surface area contributed by atoms with Crippen LogP contribution in [0.4, 0.5) is 0 Å². The lowest BCUT2D eigenvalue weighted by molar-refractivity contribution is -0.146. The zero-order chi connectivity index (χ0) is 15.7. The molecule has 0 aromatic rings. The molecule has 1 N–H and O–H groups in total. The molecule has 4 heteroatoms. The fourth-order valence-electron chi connectivity index (χ4n) is 3.18. The monoisotopic (exact) mass is 298 g/mol. The number of hydrogen-bond acceptors (Lipinski definition) is 4. The van der Waals surface area contributed by atoms with E-state index in [1.54, 1.807) is 0 Å². The molecule has 0 spiro atoms. The molecule has 0 radical (unpaired) electrons. The highest BCUT2D eigenvalue weighted by atomic mass is 16.5. The molecule has 0 aliphatic heterocycles. The first-order valence-corrected chi connectivity index (χ1v) is 8.68. The van der Waals surface area contributed by atoms with Gasteiger partial charge in [-0.3, -0.25) is 4.79 Å². The van der Waals surface area contributed by atoms with Crippen LogP contribution < -0.4 is 5.32 Å². The number of rotatable bonds is 9. The van der Waals surface area contributed by atoms with Crippen LogP contribution in [0.1, 0.15) is 59.3 Å². The van der Waals surface area contributed by atoms with Gasteiger partial charge in [-0.1, -0.05) is 26.7 Å². The number of nitrogens with one attached hydrogen (secondary N) is 1. The van der Waals surface area contributed by atoms with E-state index in [9.17, 15) is 4.79 Å². The van der Waals surface area contributed by atoms with Gasteiger partial charge in [-0.05, 0) is 52.1 Å². The Morgan fingerprint density at radius 1 is 1.38 bits per heavy atom. The number of esters is 1. The second-order valence-corrected chi connectivity index (χ2v) is 6.45. The molecule has 0 aromatic carbocycles. The van der Waals surface area contributed by atoms with Gasteiger partial charge in [-0.15, -0.1) is 0 Å². The van der Waals surface area contributed by atoms with E-state index >= 15 is 0 Å². The van der Waals surface area contributed by atoms with Crippen molar-refractivity contribution in [1.29, 1.82) is 0 Å². The number of hydrogen-bond donors (Lipinski definition) is 1. The molecule has 3 unspecified atom stereocenters. The summed E-state index contributed by atoms with van der Waals surface area (Å²) in [7, 11) is 2.20. The third kappa shape index (κ3) is 6.79. The average molecular weight is 298 g/mol. The molecular formula is C17H34N2O2. The summed E-state index contributed by atoms with van der Waals surface area (Å²) in [6.45, 7) is 8.61. The second-order valence-electron chi connectivity index (χ2n) is 6.45. The second kappa shape index (κ2) is 10.2. The molecule has 0 heterocycles. The van der Waals surface area contributed by atoms with E-state index in [4.69, 9.17) is 4.74 Å². The molecule has 21 heavy (non-hydrogen) atoms. The average Bonchev–Trinajstić information content (AvgIpc) is 2.47. The molecule has 1 aliphatic rings. The number of ether oxygens (including phenoxy) is 1. The van der Waals surface area contributed by atoms with Gasteiger partial charge in [0.2, 0.25) is 0 Å². The molecule has 1 aliphatic carbocycles. The van der Waals surface area contributed by atoms with Crippen molar-refractivity contribution >= 4 is 5.97 Å². The van der Waals surface area contributed by atoms with Crippen molar-refractivity contribution < 1.29 is 9.53 Å².